The van der Waals surface area contributed by atoms with Crippen molar-refractivity contribution in [2.24, 2.45) is 0 Å². The average Bonchev–Trinajstić information content (AvgIpc) is 3.34. The molecule has 0 bridgehead atoms. The van der Waals surface area contributed by atoms with Gasteiger partial charge in [-0.05, 0) is 51.5 Å². The number of halogens is 1. The minimum absolute atomic E-state index is 0.0844. The summed E-state index contributed by atoms with van der Waals surface area (Å²) in [5, 5.41) is 7.37. The number of hydrogen-bond acceptors (Lipinski definition) is 8. The van der Waals surface area contributed by atoms with Gasteiger partial charge in [-0.25, -0.2) is 19.3 Å². The van der Waals surface area contributed by atoms with Gasteiger partial charge in [0, 0.05) is 10.6 Å². The van der Waals surface area contributed by atoms with Crippen molar-refractivity contribution >= 4 is 45.8 Å². The summed E-state index contributed by atoms with van der Waals surface area (Å²) >= 11 is 7.39. The minimum atomic E-state index is -0.857. The largest absolute Gasteiger partial charge is 0.462 e. The SMILES string of the molecule is CCOC(=O)c1cc(CC)sc1NC(=O)COC(=O)c1nc(-n2nc(C)cc2C)ccc1Cl. The zero-order valence-electron chi connectivity index (χ0n) is 18.6. The van der Waals surface area contributed by atoms with Gasteiger partial charge in [0.25, 0.3) is 5.91 Å². The second-order valence-electron chi connectivity index (χ2n) is 6.99. The molecule has 0 radical (unpaired) electrons. The van der Waals surface area contributed by atoms with Gasteiger partial charge in [0.15, 0.2) is 18.1 Å². The van der Waals surface area contributed by atoms with Crippen LogP contribution in [0.25, 0.3) is 5.82 Å². The highest BCUT2D eigenvalue weighted by Crippen LogP contribution is 2.29. The van der Waals surface area contributed by atoms with Crippen LogP contribution in [0.5, 0.6) is 0 Å². The van der Waals surface area contributed by atoms with Gasteiger partial charge in [-0.15, -0.1) is 11.3 Å². The minimum Gasteiger partial charge on any atom is -0.462 e. The van der Waals surface area contributed by atoms with Crippen LogP contribution >= 0.6 is 22.9 Å². The van der Waals surface area contributed by atoms with Crippen molar-refractivity contribution in [3.63, 3.8) is 0 Å². The summed E-state index contributed by atoms with van der Waals surface area (Å²) in [6, 6.07) is 6.70. The lowest BCUT2D eigenvalue weighted by molar-refractivity contribution is -0.119. The molecule has 11 heteroatoms. The molecule has 3 aromatic rings. The Labute approximate surface area is 199 Å². The number of aryl methyl sites for hydroxylation is 3. The molecular weight excluding hydrogens is 468 g/mol. The summed E-state index contributed by atoms with van der Waals surface area (Å²) in [5.41, 5.74) is 1.76. The van der Waals surface area contributed by atoms with E-state index in [1.807, 2.05) is 26.8 Å². The van der Waals surface area contributed by atoms with Crippen molar-refractivity contribution in [1.29, 1.82) is 0 Å². The number of aromatic nitrogens is 3. The van der Waals surface area contributed by atoms with Crippen LogP contribution in [0.4, 0.5) is 5.00 Å². The van der Waals surface area contributed by atoms with Crippen molar-refractivity contribution in [2.45, 2.75) is 34.1 Å². The Morgan fingerprint density at radius 2 is 1.88 bits per heavy atom. The maximum Gasteiger partial charge on any atom is 0.359 e. The third-order valence-corrected chi connectivity index (χ3v) is 5.97. The average molecular weight is 491 g/mol. The molecule has 174 valence electrons. The predicted octanol–water partition coefficient (Wildman–Crippen LogP) is 4.13. The summed E-state index contributed by atoms with van der Waals surface area (Å²) < 4.78 is 11.7. The molecular formula is C22H23ClN4O5S. The standard InChI is InChI=1S/C22H23ClN4O5S/c1-5-14-10-15(21(29)31-6-2)20(33-14)25-18(28)11-32-22(30)19-16(23)7-8-17(24-19)27-13(4)9-12(3)26-27/h7-10H,5-6,11H2,1-4H3,(H,25,28). The number of nitrogens with one attached hydrogen (secondary N) is 1. The molecule has 33 heavy (non-hydrogen) atoms. The molecule has 0 aliphatic carbocycles. The van der Waals surface area contributed by atoms with E-state index in [9.17, 15) is 14.4 Å². The van der Waals surface area contributed by atoms with Gasteiger partial charge in [-0.2, -0.15) is 5.10 Å². The molecule has 0 atom stereocenters. The van der Waals surface area contributed by atoms with E-state index in [1.54, 1.807) is 23.7 Å². The third kappa shape index (κ3) is 5.77. The number of amides is 1. The van der Waals surface area contributed by atoms with E-state index >= 15 is 0 Å². The van der Waals surface area contributed by atoms with Gasteiger partial charge in [-0.3, -0.25) is 4.79 Å². The molecule has 0 saturated heterocycles. The molecule has 3 rings (SSSR count). The van der Waals surface area contributed by atoms with Gasteiger partial charge in [0.1, 0.15) is 5.00 Å². The Morgan fingerprint density at radius 1 is 1.12 bits per heavy atom. The summed E-state index contributed by atoms with van der Waals surface area (Å²) in [6.07, 6.45) is 0.692. The number of hydrogen-bond donors (Lipinski definition) is 1. The fourth-order valence-electron chi connectivity index (χ4n) is 2.99. The second-order valence-corrected chi connectivity index (χ2v) is 8.54. The molecule has 0 saturated carbocycles. The van der Waals surface area contributed by atoms with E-state index in [4.69, 9.17) is 21.1 Å². The normalized spacial score (nSPS) is 10.7. The fraction of sp³-hybridized carbons (Fsp3) is 0.318. The number of ether oxygens (including phenoxy) is 2. The van der Waals surface area contributed by atoms with Crippen LogP contribution in [-0.2, 0) is 20.7 Å². The van der Waals surface area contributed by atoms with Crippen LogP contribution in [0.1, 0.15) is 51.0 Å². The van der Waals surface area contributed by atoms with E-state index in [0.29, 0.717) is 17.2 Å². The van der Waals surface area contributed by atoms with Crippen LogP contribution in [0.2, 0.25) is 5.02 Å². The smallest absolute Gasteiger partial charge is 0.359 e. The molecule has 0 spiro atoms. The molecule has 0 aliphatic rings. The lowest BCUT2D eigenvalue weighted by Gasteiger charge is -2.09. The van der Waals surface area contributed by atoms with Crippen LogP contribution in [0.15, 0.2) is 24.3 Å². The van der Waals surface area contributed by atoms with E-state index < -0.39 is 24.5 Å². The molecule has 3 heterocycles. The third-order valence-electron chi connectivity index (χ3n) is 4.47. The highest BCUT2D eigenvalue weighted by Gasteiger charge is 2.21. The quantitative estimate of drug-likeness (QED) is 0.472. The number of esters is 2. The van der Waals surface area contributed by atoms with Crippen molar-refractivity contribution in [2.75, 3.05) is 18.5 Å². The molecule has 1 amide bonds. The van der Waals surface area contributed by atoms with Gasteiger partial charge in [0.05, 0.1) is 22.9 Å². The van der Waals surface area contributed by atoms with E-state index in [1.165, 1.54) is 17.4 Å². The molecule has 9 nitrogen and oxygen atoms in total. The maximum absolute atomic E-state index is 12.6. The molecule has 1 N–H and O–H groups in total. The summed E-state index contributed by atoms with van der Waals surface area (Å²) in [4.78, 5) is 42.3. The topological polar surface area (TPSA) is 112 Å². The zero-order valence-corrected chi connectivity index (χ0v) is 20.2. The number of rotatable bonds is 8. The molecule has 0 aliphatic heterocycles. The van der Waals surface area contributed by atoms with Crippen molar-refractivity contribution in [3.05, 3.63) is 56.8 Å². The Hall–Kier alpha value is -3.24. The number of carbonyl (C=O) groups is 3. The molecule has 3 aromatic heterocycles. The Balaban J connectivity index is 1.70. The first-order valence-corrected chi connectivity index (χ1v) is 11.4. The summed E-state index contributed by atoms with van der Waals surface area (Å²) in [5.74, 6) is -1.60. The predicted molar refractivity (Wildman–Crippen MR) is 124 cm³/mol. The van der Waals surface area contributed by atoms with Crippen molar-refractivity contribution < 1.29 is 23.9 Å². The molecule has 0 fully saturated rings. The first-order valence-electron chi connectivity index (χ1n) is 10.2. The number of anilines is 1. The molecule has 0 aromatic carbocycles. The lowest BCUT2D eigenvalue weighted by Crippen LogP contribution is -2.22. The van der Waals surface area contributed by atoms with Crippen LogP contribution < -0.4 is 5.32 Å². The van der Waals surface area contributed by atoms with Crippen LogP contribution in [0, 0.1) is 13.8 Å². The summed E-state index contributed by atoms with van der Waals surface area (Å²) in [7, 11) is 0. The molecule has 0 unspecified atom stereocenters. The number of pyridine rings is 1. The van der Waals surface area contributed by atoms with Crippen molar-refractivity contribution in [3.8, 4) is 5.82 Å². The lowest BCUT2D eigenvalue weighted by atomic mass is 10.2. The van der Waals surface area contributed by atoms with Gasteiger partial charge >= 0.3 is 11.9 Å². The summed E-state index contributed by atoms with van der Waals surface area (Å²) in [6.45, 7) is 6.97. The number of carbonyl (C=O) groups excluding carboxylic acids is 3. The first kappa shape index (κ1) is 24.4. The van der Waals surface area contributed by atoms with Crippen LogP contribution in [-0.4, -0.2) is 45.8 Å². The van der Waals surface area contributed by atoms with Gasteiger partial charge in [0.2, 0.25) is 0 Å². The fourth-order valence-corrected chi connectivity index (χ4v) is 4.17. The first-order chi connectivity index (χ1) is 15.7. The maximum atomic E-state index is 12.6. The number of thiophene rings is 1. The van der Waals surface area contributed by atoms with Crippen molar-refractivity contribution in [1.82, 2.24) is 14.8 Å². The van der Waals surface area contributed by atoms with E-state index in [2.05, 4.69) is 15.4 Å². The van der Waals surface area contributed by atoms with Crippen LogP contribution in [0.3, 0.4) is 0 Å². The highest BCUT2D eigenvalue weighted by atomic mass is 35.5. The Kier molecular flexibility index (Phi) is 7.83. The van der Waals surface area contributed by atoms with Gasteiger partial charge < -0.3 is 14.8 Å². The highest BCUT2D eigenvalue weighted by molar-refractivity contribution is 7.16. The Morgan fingerprint density at radius 3 is 2.52 bits per heavy atom. The Bertz CT molecular complexity index is 1200. The van der Waals surface area contributed by atoms with E-state index in [0.717, 1.165) is 16.3 Å². The monoisotopic (exact) mass is 490 g/mol. The zero-order chi connectivity index (χ0) is 24.1. The van der Waals surface area contributed by atoms with E-state index in [-0.39, 0.29) is 22.9 Å². The number of nitrogens with zero attached hydrogens (tertiary/aromatic N) is 3. The second kappa shape index (κ2) is 10.6. The van der Waals surface area contributed by atoms with Gasteiger partial charge in [-0.1, -0.05) is 18.5 Å².